The van der Waals surface area contributed by atoms with Gasteiger partial charge in [0.1, 0.15) is 0 Å². The van der Waals surface area contributed by atoms with Gasteiger partial charge in [-0.05, 0) is 30.7 Å². The zero-order valence-electron chi connectivity index (χ0n) is 15.1. The normalized spacial score (nSPS) is 19.8. The highest BCUT2D eigenvalue weighted by molar-refractivity contribution is 5.80. The van der Waals surface area contributed by atoms with Gasteiger partial charge in [0.15, 0.2) is 17.5 Å². The molecular weight excluding hydrogens is 302 g/mol. The van der Waals surface area contributed by atoms with Gasteiger partial charge in [-0.15, -0.1) is 0 Å². The first-order valence-electron chi connectivity index (χ1n) is 8.87. The number of rotatable bonds is 4. The largest absolute Gasteiger partial charge is 0.493 e. The lowest BCUT2D eigenvalue weighted by Crippen LogP contribution is -2.40. The van der Waals surface area contributed by atoms with Crippen LogP contribution in [0.2, 0.25) is 0 Å². The summed E-state index contributed by atoms with van der Waals surface area (Å²) in [5.74, 6) is 2.54. The van der Waals surface area contributed by atoms with Crippen LogP contribution in [-0.4, -0.2) is 45.2 Å². The van der Waals surface area contributed by atoms with E-state index in [2.05, 4.69) is 21.3 Å². The Kier molecular flexibility index (Phi) is 5.17. The maximum atomic E-state index is 5.52. The van der Waals surface area contributed by atoms with E-state index < -0.39 is 0 Å². The average molecular weight is 331 g/mol. The molecule has 1 spiro atoms. The van der Waals surface area contributed by atoms with Crippen molar-refractivity contribution < 1.29 is 9.47 Å². The fourth-order valence-corrected chi connectivity index (χ4v) is 4.25. The van der Waals surface area contributed by atoms with Crippen LogP contribution in [0.5, 0.6) is 11.5 Å². The van der Waals surface area contributed by atoms with Crippen molar-refractivity contribution in [3.05, 3.63) is 23.8 Å². The molecule has 1 aromatic carbocycles. The van der Waals surface area contributed by atoms with E-state index in [-0.39, 0.29) is 0 Å². The Balaban J connectivity index is 1.65. The summed E-state index contributed by atoms with van der Waals surface area (Å²) >= 11 is 0. The molecule has 2 aliphatic rings. The molecular formula is C19H29N3O2. The minimum Gasteiger partial charge on any atom is -0.493 e. The SMILES string of the molecule is CN=C(NCc1cccc(OC)c1OC)N1CCC2(CCCC2)C1. The van der Waals surface area contributed by atoms with Crippen molar-refractivity contribution >= 4 is 5.96 Å². The molecule has 5 heteroatoms. The standard InChI is InChI=1S/C19H29N3O2/c1-20-18(22-12-11-19(14-22)9-4-5-10-19)21-13-15-7-6-8-16(23-2)17(15)24-3/h6-8H,4-5,9-14H2,1-3H3,(H,20,21). The first-order chi connectivity index (χ1) is 11.7. The lowest BCUT2D eigenvalue weighted by atomic mass is 9.86. The fourth-order valence-electron chi connectivity index (χ4n) is 4.25. The molecule has 5 nitrogen and oxygen atoms in total. The summed E-state index contributed by atoms with van der Waals surface area (Å²) in [7, 11) is 5.21. The topological polar surface area (TPSA) is 46.1 Å². The van der Waals surface area contributed by atoms with Crippen LogP contribution in [0.4, 0.5) is 0 Å². The van der Waals surface area contributed by atoms with Gasteiger partial charge in [0, 0.05) is 32.2 Å². The van der Waals surface area contributed by atoms with E-state index in [0.29, 0.717) is 12.0 Å². The molecule has 1 aromatic rings. The van der Waals surface area contributed by atoms with Crippen LogP contribution < -0.4 is 14.8 Å². The highest BCUT2D eigenvalue weighted by Crippen LogP contribution is 2.45. The van der Waals surface area contributed by atoms with E-state index in [1.807, 2.05) is 19.2 Å². The van der Waals surface area contributed by atoms with Crippen LogP contribution in [0.15, 0.2) is 23.2 Å². The van der Waals surface area contributed by atoms with E-state index in [9.17, 15) is 0 Å². The number of nitrogens with zero attached hydrogens (tertiary/aromatic N) is 2. The molecule has 2 fully saturated rings. The van der Waals surface area contributed by atoms with Crippen LogP contribution in [0.3, 0.4) is 0 Å². The van der Waals surface area contributed by atoms with Crippen molar-refractivity contribution in [2.45, 2.75) is 38.6 Å². The second-order valence-corrected chi connectivity index (χ2v) is 6.93. The molecule has 1 saturated carbocycles. The third-order valence-electron chi connectivity index (χ3n) is 5.54. The molecule has 132 valence electrons. The van der Waals surface area contributed by atoms with E-state index in [1.54, 1.807) is 14.2 Å². The molecule has 0 bridgehead atoms. The molecule has 24 heavy (non-hydrogen) atoms. The van der Waals surface area contributed by atoms with Gasteiger partial charge in [-0.1, -0.05) is 25.0 Å². The summed E-state index contributed by atoms with van der Waals surface area (Å²) in [6, 6.07) is 5.97. The van der Waals surface area contributed by atoms with E-state index in [0.717, 1.165) is 36.1 Å². The van der Waals surface area contributed by atoms with E-state index >= 15 is 0 Å². The third-order valence-corrected chi connectivity index (χ3v) is 5.54. The molecule has 0 atom stereocenters. The van der Waals surface area contributed by atoms with Gasteiger partial charge in [-0.25, -0.2) is 0 Å². The lowest BCUT2D eigenvalue weighted by Gasteiger charge is -2.26. The highest BCUT2D eigenvalue weighted by atomic mass is 16.5. The molecule has 0 radical (unpaired) electrons. The summed E-state index contributed by atoms with van der Waals surface area (Å²) in [6.45, 7) is 2.92. The quantitative estimate of drug-likeness (QED) is 0.680. The second kappa shape index (κ2) is 7.32. The summed E-state index contributed by atoms with van der Waals surface area (Å²) in [5, 5.41) is 3.50. The number of guanidine groups is 1. The maximum Gasteiger partial charge on any atom is 0.193 e. The molecule has 1 N–H and O–H groups in total. The smallest absolute Gasteiger partial charge is 0.193 e. The van der Waals surface area contributed by atoms with Crippen molar-refractivity contribution in [2.24, 2.45) is 10.4 Å². The zero-order valence-corrected chi connectivity index (χ0v) is 15.1. The Morgan fingerprint density at radius 3 is 2.67 bits per heavy atom. The molecule has 1 aliphatic carbocycles. The Morgan fingerprint density at radius 1 is 1.21 bits per heavy atom. The summed E-state index contributed by atoms with van der Waals surface area (Å²) in [5.41, 5.74) is 1.62. The van der Waals surface area contributed by atoms with Gasteiger partial charge in [0.2, 0.25) is 0 Å². The first-order valence-corrected chi connectivity index (χ1v) is 8.87. The predicted molar refractivity (Wildman–Crippen MR) is 96.8 cm³/mol. The van der Waals surface area contributed by atoms with Crippen molar-refractivity contribution in [3.63, 3.8) is 0 Å². The number of nitrogens with one attached hydrogen (secondary N) is 1. The third kappa shape index (κ3) is 3.30. The monoisotopic (exact) mass is 331 g/mol. The minimum atomic E-state index is 0.547. The summed E-state index contributed by atoms with van der Waals surface area (Å²) < 4.78 is 10.9. The number of para-hydroxylation sites is 1. The fraction of sp³-hybridized carbons (Fsp3) is 0.632. The Labute approximate surface area is 145 Å². The van der Waals surface area contributed by atoms with Crippen molar-refractivity contribution in [1.29, 1.82) is 0 Å². The Hall–Kier alpha value is -1.91. The summed E-state index contributed by atoms with van der Waals surface area (Å²) in [6.07, 6.45) is 6.84. The maximum absolute atomic E-state index is 5.52. The van der Waals surface area contributed by atoms with Gasteiger partial charge in [-0.3, -0.25) is 4.99 Å². The number of likely N-dealkylation sites (tertiary alicyclic amines) is 1. The van der Waals surface area contributed by atoms with Gasteiger partial charge in [0.25, 0.3) is 0 Å². The molecule has 3 rings (SSSR count). The zero-order chi connectivity index (χ0) is 17.0. The van der Waals surface area contributed by atoms with Crippen molar-refractivity contribution in [1.82, 2.24) is 10.2 Å². The molecule has 1 saturated heterocycles. The number of methoxy groups -OCH3 is 2. The minimum absolute atomic E-state index is 0.547. The van der Waals surface area contributed by atoms with Gasteiger partial charge in [0.05, 0.1) is 14.2 Å². The van der Waals surface area contributed by atoms with Gasteiger partial charge in [-0.2, -0.15) is 0 Å². The number of hydrogen-bond donors (Lipinski definition) is 1. The van der Waals surface area contributed by atoms with Gasteiger partial charge >= 0.3 is 0 Å². The molecule has 0 amide bonds. The van der Waals surface area contributed by atoms with Crippen molar-refractivity contribution in [3.8, 4) is 11.5 Å². The highest BCUT2D eigenvalue weighted by Gasteiger charge is 2.41. The number of hydrogen-bond acceptors (Lipinski definition) is 3. The van der Waals surface area contributed by atoms with E-state index in [1.165, 1.54) is 32.1 Å². The van der Waals surface area contributed by atoms with Crippen molar-refractivity contribution in [2.75, 3.05) is 34.4 Å². The molecule has 0 unspecified atom stereocenters. The first kappa shape index (κ1) is 16.9. The van der Waals surface area contributed by atoms with Crippen LogP contribution >= 0.6 is 0 Å². The van der Waals surface area contributed by atoms with Crippen LogP contribution in [0.25, 0.3) is 0 Å². The number of benzene rings is 1. The van der Waals surface area contributed by atoms with E-state index in [4.69, 9.17) is 9.47 Å². The van der Waals surface area contributed by atoms with Crippen LogP contribution in [0.1, 0.15) is 37.7 Å². The average Bonchev–Trinajstić information content (AvgIpc) is 3.25. The Morgan fingerprint density at radius 2 is 2.00 bits per heavy atom. The van der Waals surface area contributed by atoms with Crippen LogP contribution in [0, 0.1) is 5.41 Å². The molecule has 1 heterocycles. The number of ether oxygens (including phenoxy) is 2. The Bertz CT molecular complexity index is 594. The second-order valence-electron chi connectivity index (χ2n) is 6.93. The van der Waals surface area contributed by atoms with Crippen LogP contribution in [-0.2, 0) is 6.54 Å². The molecule has 1 aliphatic heterocycles. The molecule has 0 aromatic heterocycles. The number of aliphatic imine (C=N–C) groups is 1. The summed E-state index contributed by atoms with van der Waals surface area (Å²) in [4.78, 5) is 6.91. The lowest BCUT2D eigenvalue weighted by molar-refractivity contribution is 0.309. The predicted octanol–water partition coefficient (Wildman–Crippen LogP) is 3.05. The van der Waals surface area contributed by atoms with Gasteiger partial charge < -0.3 is 19.7 Å².